The molecule has 136 valence electrons. The fraction of sp³-hybridized carbons (Fsp3) is 0.250. The fourth-order valence-electron chi connectivity index (χ4n) is 2.46. The number of non-ortho nitro benzene ring substituents is 1. The third kappa shape index (κ3) is 5.57. The Morgan fingerprint density at radius 2 is 1.62 bits per heavy atom. The van der Waals surface area contributed by atoms with E-state index in [1.54, 1.807) is 18.2 Å². The van der Waals surface area contributed by atoms with Crippen LogP contribution in [0.2, 0.25) is 0 Å². The number of aromatic hydroxyl groups is 1. The highest BCUT2D eigenvalue weighted by molar-refractivity contribution is 5.34. The van der Waals surface area contributed by atoms with Gasteiger partial charge in [0.1, 0.15) is 5.75 Å². The van der Waals surface area contributed by atoms with Crippen LogP contribution in [-0.2, 0) is 0 Å². The number of aliphatic hydroxyl groups excluding tert-OH is 2. The van der Waals surface area contributed by atoms with Gasteiger partial charge in [-0.2, -0.15) is 0 Å². The lowest BCUT2D eigenvalue weighted by atomic mass is 10.0. The van der Waals surface area contributed by atoms with Gasteiger partial charge in [-0.3, -0.25) is 10.1 Å². The summed E-state index contributed by atoms with van der Waals surface area (Å²) in [6, 6.07) is 12.1. The van der Waals surface area contributed by atoms with Crippen molar-refractivity contribution in [1.29, 1.82) is 0 Å². The second-order valence-corrected chi connectivity index (χ2v) is 6.04. The largest absolute Gasteiger partial charge is 0.508 e. The Kier molecular flexibility index (Phi) is 6.69. The van der Waals surface area contributed by atoms with Crippen LogP contribution in [0, 0.1) is 10.1 Å². The minimum atomic E-state index is -0.779. The summed E-state index contributed by atoms with van der Waals surface area (Å²) in [6.07, 6.45) is 0.920. The van der Waals surface area contributed by atoms with Crippen LogP contribution in [0.1, 0.15) is 43.1 Å². The summed E-state index contributed by atoms with van der Waals surface area (Å²) in [5.41, 5.74) is 5.12. The Hall–Kier alpha value is -2.92. The van der Waals surface area contributed by atoms with Crippen molar-refractivity contribution in [3.8, 4) is 5.75 Å². The summed E-state index contributed by atoms with van der Waals surface area (Å²) in [7, 11) is 0. The van der Waals surface area contributed by atoms with E-state index in [1.807, 2.05) is 6.92 Å². The molecule has 0 radical (unpaired) electrons. The molecular formula is C20H21NO5. The smallest absolute Gasteiger partial charge is 0.269 e. The molecule has 0 unspecified atom stereocenters. The van der Waals surface area contributed by atoms with E-state index in [0.29, 0.717) is 24.0 Å². The molecule has 0 aliphatic heterocycles. The topological polar surface area (TPSA) is 104 Å². The van der Waals surface area contributed by atoms with E-state index in [9.17, 15) is 25.4 Å². The zero-order chi connectivity index (χ0) is 19.1. The minimum absolute atomic E-state index is 0.0173. The van der Waals surface area contributed by atoms with Crippen molar-refractivity contribution >= 4 is 5.69 Å². The zero-order valence-electron chi connectivity index (χ0n) is 14.4. The molecule has 0 aliphatic carbocycles. The first-order chi connectivity index (χ1) is 12.4. The lowest BCUT2D eigenvalue weighted by Crippen LogP contribution is -1.98. The quantitative estimate of drug-likeness (QED) is 0.396. The van der Waals surface area contributed by atoms with Gasteiger partial charge in [0.2, 0.25) is 0 Å². The number of phenolic OH excluding ortho intramolecular Hbond substituents is 1. The molecule has 0 bridgehead atoms. The highest BCUT2D eigenvalue weighted by Crippen LogP contribution is 2.23. The number of nitrogens with zero attached hydrogens (tertiary/aromatic N) is 1. The molecule has 0 aromatic heterocycles. The van der Waals surface area contributed by atoms with Crippen molar-refractivity contribution in [2.45, 2.75) is 32.0 Å². The average Bonchev–Trinajstić information content (AvgIpc) is 2.62. The van der Waals surface area contributed by atoms with Gasteiger partial charge in [0.05, 0.1) is 17.1 Å². The van der Waals surface area contributed by atoms with Crippen LogP contribution in [0.4, 0.5) is 5.69 Å². The lowest BCUT2D eigenvalue weighted by Gasteiger charge is -2.10. The molecule has 3 N–H and O–H groups in total. The van der Waals surface area contributed by atoms with Crippen molar-refractivity contribution in [1.82, 2.24) is 0 Å². The van der Waals surface area contributed by atoms with Gasteiger partial charge < -0.3 is 15.3 Å². The summed E-state index contributed by atoms with van der Waals surface area (Å²) in [5.74, 6) is 0.146. The van der Waals surface area contributed by atoms with Crippen molar-refractivity contribution in [3.05, 3.63) is 87.2 Å². The molecule has 26 heavy (non-hydrogen) atoms. The van der Waals surface area contributed by atoms with Gasteiger partial charge in [0, 0.05) is 25.0 Å². The Balaban J connectivity index is 1.94. The molecular weight excluding hydrogens is 334 g/mol. The van der Waals surface area contributed by atoms with E-state index >= 15 is 0 Å². The number of hydrogen-bond donors (Lipinski definition) is 3. The number of nitro benzene ring substituents is 1. The highest BCUT2D eigenvalue weighted by Gasteiger charge is 2.11. The van der Waals surface area contributed by atoms with Crippen LogP contribution in [0.3, 0.4) is 0 Å². The van der Waals surface area contributed by atoms with Gasteiger partial charge in [-0.05, 0) is 54.0 Å². The van der Waals surface area contributed by atoms with Crippen molar-refractivity contribution in [2.75, 3.05) is 0 Å². The fourth-order valence-corrected chi connectivity index (χ4v) is 2.46. The molecule has 6 heteroatoms. The van der Waals surface area contributed by atoms with E-state index in [4.69, 9.17) is 0 Å². The van der Waals surface area contributed by atoms with E-state index < -0.39 is 17.1 Å². The van der Waals surface area contributed by atoms with E-state index in [2.05, 4.69) is 5.73 Å². The first-order valence-corrected chi connectivity index (χ1v) is 8.17. The number of aliphatic hydroxyl groups is 2. The predicted octanol–water partition coefficient (Wildman–Crippen LogP) is 3.95. The minimum Gasteiger partial charge on any atom is -0.508 e. The second kappa shape index (κ2) is 8.97. The van der Waals surface area contributed by atoms with Crippen molar-refractivity contribution < 1.29 is 20.2 Å². The Bertz CT molecular complexity index is 805. The molecule has 0 aliphatic rings. The Morgan fingerprint density at radius 1 is 1.08 bits per heavy atom. The Morgan fingerprint density at radius 3 is 2.19 bits per heavy atom. The number of rotatable bonds is 7. The maximum absolute atomic E-state index is 10.6. The molecule has 0 amide bonds. The third-order valence-electron chi connectivity index (χ3n) is 3.96. The summed E-state index contributed by atoms with van der Waals surface area (Å²) in [5, 5.41) is 40.2. The van der Waals surface area contributed by atoms with E-state index in [0.717, 1.165) is 5.57 Å². The SMILES string of the molecule is CC(=C=CC[C@@H](O)c1ccc(O)cc1)C[C@@H](O)c1ccc([N+](=O)[O-])cc1. The molecule has 2 atom stereocenters. The average molecular weight is 355 g/mol. The molecule has 2 aromatic carbocycles. The molecule has 0 spiro atoms. The second-order valence-electron chi connectivity index (χ2n) is 6.04. The highest BCUT2D eigenvalue weighted by atomic mass is 16.6. The van der Waals surface area contributed by atoms with Gasteiger partial charge in [-0.15, -0.1) is 5.73 Å². The predicted molar refractivity (Wildman–Crippen MR) is 97.6 cm³/mol. The third-order valence-corrected chi connectivity index (χ3v) is 3.96. The maximum Gasteiger partial charge on any atom is 0.269 e. The number of benzene rings is 2. The molecule has 6 nitrogen and oxygen atoms in total. The number of hydrogen-bond acceptors (Lipinski definition) is 5. The summed E-state index contributed by atoms with van der Waals surface area (Å²) in [4.78, 5) is 10.2. The van der Waals surface area contributed by atoms with E-state index in [1.165, 1.54) is 36.4 Å². The molecule has 0 saturated carbocycles. The van der Waals surface area contributed by atoms with Gasteiger partial charge in [0.15, 0.2) is 0 Å². The molecule has 2 aromatic rings. The maximum atomic E-state index is 10.6. The molecule has 0 saturated heterocycles. The van der Waals surface area contributed by atoms with Crippen LogP contribution in [0.5, 0.6) is 5.75 Å². The molecule has 2 rings (SSSR count). The first kappa shape index (κ1) is 19.4. The monoisotopic (exact) mass is 355 g/mol. The lowest BCUT2D eigenvalue weighted by molar-refractivity contribution is -0.384. The van der Waals surface area contributed by atoms with E-state index in [-0.39, 0.29) is 11.4 Å². The number of nitro groups is 1. The van der Waals surface area contributed by atoms with Gasteiger partial charge >= 0.3 is 0 Å². The number of phenols is 1. The van der Waals surface area contributed by atoms with Crippen LogP contribution in [0.15, 0.2) is 65.9 Å². The van der Waals surface area contributed by atoms with Crippen LogP contribution >= 0.6 is 0 Å². The summed E-state index contributed by atoms with van der Waals surface area (Å²) >= 11 is 0. The standard InChI is InChI=1S/C20H21NO5/c1-14(3-2-4-19(23)15-7-11-18(22)12-8-15)13-20(24)16-5-9-17(10-6-16)21(25)26/h2,5-12,19-20,22-24H,4,13H2,1H3/t3?,19-,20-/m1/s1. The molecule has 0 fully saturated rings. The normalized spacial score (nSPS) is 12.7. The van der Waals surface area contributed by atoms with Gasteiger partial charge in [-0.25, -0.2) is 0 Å². The van der Waals surface area contributed by atoms with Crippen molar-refractivity contribution in [3.63, 3.8) is 0 Å². The molecule has 0 heterocycles. The van der Waals surface area contributed by atoms with Gasteiger partial charge in [0.25, 0.3) is 5.69 Å². The zero-order valence-corrected chi connectivity index (χ0v) is 14.4. The van der Waals surface area contributed by atoms with Crippen molar-refractivity contribution in [2.24, 2.45) is 0 Å². The summed E-state index contributed by atoms with van der Waals surface area (Å²) in [6.45, 7) is 1.82. The van der Waals surface area contributed by atoms with Crippen LogP contribution in [0.25, 0.3) is 0 Å². The first-order valence-electron chi connectivity index (χ1n) is 8.17. The Labute approximate surface area is 151 Å². The van der Waals surface area contributed by atoms with Crippen LogP contribution in [-0.4, -0.2) is 20.2 Å². The van der Waals surface area contributed by atoms with Crippen LogP contribution < -0.4 is 0 Å². The summed E-state index contributed by atoms with van der Waals surface area (Å²) < 4.78 is 0. The van der Waals surface area contributed by atoms with Gasteiger partial charge in [-0.1, -0.05) is 12.1 Å².